The van der Waals surface area contributed by atoms with Gasteiger partial charge in [-0.05, 0) is 44.1 Å². The summed E-state index contributed by atoms with van der Waals surface area (Å²) in [6, 6.07) is 7.22. The molecule has 3 rings (SSSR count). The molecule has 24 heavy (non-hydrogen) atoms. The summed E-state index contributed by atoms with van der Waals surface area (Å²) in [6.07, 6.45) is 4.98. The first-order chi connectivity index (χ1) is 11.5. The fourth-order valence-corrected chi connectivity index (χ4v) is 3.77. The van der Waals surface area contributed by atoms with Gasteiger partial charge in [-0.15, -0.1) is 0 Å². The van der Waals surface area contributed by atoms with Gasteiger partial charge in [-0.3, -0.25) is 9.48 Å². The highest BCUT2D eigenvalue weighted by atomic mass is 35.5. The number of nitrogens with zero attached hydrogens (tertiary/aromatic N) is 3. The summed E-state index contributed by atoms with van der Waals surface area (Å²) < 4.78 is 1.79. The number of carbonyl (C=O) groups excluding carboxylic acids is 1. The number of halogens is 2. The van der Waals surface area contributed by atoms with Gasteiger partial charge >= 0.3 is 0 Å². The van der Waals surface area contributed by atoms with Crippen LogP contribution in [0.5, 0.6) is 0 Å². The van der Waals surface area contributed by atoms with Gasteiger partial charge in [-0.2, -0.15) is 5.10 Å². The number of rotatable bonds is 4. The molecule has 7 heteroatoms. The number of piperidine rings is 1. The molecule has 1 saturated heterocycles. The number of hydrogen-bond acceptors (Lipinski definition) is 3. The Labute approximate surface area is 151 Å². The van der Waals surface area contributed by atoms with Crippen LogP contribution in [0.4, 0.5) is 0 Å². The molecule has 1 N–H and O–H groups in total. The molecule has 0 saturated carbocycles. The Morgan fingerprint density at radius 3 is 2.54 bits per heavy atom. The Hall–Kier alpha value is -1.56. The minimum absolute atomic E-state index is 0.0312. The number of benzene rings is 1. The molecule has 1 aliphatic heterocycles. The number of hydrogen-bond donors (Lipinski definition) is 1. The number of carbonyl (C=O) groups is 1. The third-order valence-electron chi connectivity index (χ3n) is 4.58. The molecule has 0 radical (unpaired) electrons. The van der Waals surface area contributed by atoms with Crippen LogP contribution in [0.25, 0.3) is 0 Å². The van der Waals surface area contributed by atoms with E-state index < -0.39 is 5.54 Å². The molecule has 1 amide bonds. The molecular weight excluding hydrogens is 347 g/mol. The summed E-state index contributed by atoms with van der Waals surface area (Å²) >= 11 is 12.5. The molecule has 0 unspecified atom stereocenters. The van der Waals surface area contributed by atoms with Crippen LogP contribution >= 0.6 is 23.2 Å². The van der Waals surface area contributed by atoms with Gasteiger partial charge in [0.25, 0.3) is 5.91 Å². The van der Waals surface area contributed by atoms with Gasteiger partial charge in [0.1, 0.15) is 5.54 Å². The first kappa shape index (κ1) is 17.3. The first-order valence-corrected chi connectivity index (χ1v) is 8.69. The van der Waals surface area contributed by atoms with Crippen LogP contribution in [-0.2, 0) is 16.9 Å². The lowest BCUT2D eigenvalue weighted by atomic mass is 9.86. The fraction of sp³-hybridized carbons (Fsp3) is 0.412. The molecule has 128 valence electrons. The van der Waals surface area contributed by atoms with Crippen molar-refractivity contribution in [1.82, 2.24) is 20.0 Å². The summed E-state index contributed by atoms with van der Waals surface area (Å²) in [5.41, 5.74) is 0.110. The van der Waals surface area contributed by atoms with Crippen LogP contribution in [0, 0.1) is 0 Å². The molecule has 0 atom stereocenters. The van der Waals surface area contributed by atoms with E-state index in [1.807, 2.05) is 12.3 Å². The van der Waals surface area contributed by atoms with Crippen molar-refractivity contribution in [3.63, 3.8) is 0 Å². The normalized spacial score (nSPS) is 16.8. The molecule has 0 aliphatic carbocycles. The predicted octanol–water partition coefficient (Wildman–Crippen LogP) is 2.93. The molecule has 1 aromatic heterocycles. The van der Waals surface area contributed by atoms with Crippen LogP contribution in [0.15, 0.2) is 36.7 Å². The molecule has 1 aromatic carbocycles. The maximum Gasteiger partial charge on any atom is 0.250 e. The predicted molar refractivity (Wildman–Crippen MR) is 95.2 cm³/mol. The lowest BCUT2D eigenvalue weighted by Gasteiger charge is -2.39. The second-order valence-electron chi connectivity index (χ2n) is 6.09. The minimum Gasteiger partial charge on any atom is -0.339 e. The van der Waals surface area contributed by atoms with Crippen LogP contribution in [0.1, 0.15) is 18.4 Å². The average molecular weight is 367 g/mol. The molecule has 1 aliphatic rings. The van der Waals surface area contributed by atoms with Gasteiger partial charge in [0.2, 0.25) is 0 Å². The van der Waals surface area contributed by atoms with Crippen molar-refractivity contribution >= 4 is 29.1 Å². The molecule has 1 fully saturated rings. The highest BCUT2D eigenvalue weighted by Crippen LogP contribution is 2.31. The zero-order chi connectivity index (χ0) is 17.2. The number of nitrogens with one attached hydrogen (secondary N) is 1. The fourth-order valence-electron chi connectivity index (χ4n) is 3.25. The molecule has 2 heterocycles. The van der Waals surface area contributed by atoms with Crippen molar-refractivity contribution in [2.45, 2.75) is 24.9 Å². The summed E-state index contributed by atoms with van der Waals surface area (Å²) in [7, 11) is 1.79. The van der Waals surface area contributed by atoms with Crippen molar-refractivity contribution in [3.8, 4) is 0 Å². The van der Waals surface area contributed by atoms with E-state index in [0.717, 1.165) is 18.7 Å². The number of amides is 1. The van der Waals surface area contributed by atoms with Gasteiger partial charge in [0.15, 0.2) is 0 Å². The molecule has 0 spiro atoms. The maximum absolute atomic E-state index is 13.3. The number of likely N-dealkylation sites (N-methyl/N-ethyl adjacent to an activating group) is 1. The monoisotopic (exact) mass is 366 g/mol. The second-order valence-corrected chi connectivity index (χ2v) is 6.91. The van der Waals surface area contributed by atoms with E-state index in [0.29, 0.717) is 29.4 Å². The van der Waals surface area contributed by atoms with Crippen molar-refractivity contribution in [3.05, 3.63) is 52.3 Å². The van der Waals surface area contributed by atoms with Crippen LogP contribution in [0.2, 0.25) is 10.0 Å². The highest BCUT2D eigenvalue weighted by Gasteiger charge is 2.43. The second kappa shape index (κ2) is 7.13. The van der Waals surface area contributed by atoms with E-state index in [1.165, 1.54) is 0 Å². The highest BCUT2D eigenvalue weighted by molar-refractivity contribution is 6.36. The lowest BCUT2D eigenvalue weighted by Crippen LogP contribution is -2.54. The topological polar surface area (TPSA) is 50.2 Å². The van der Waals surface area contributed by atoms with Crippen molar-refractivity contribution in [2.24, 2.45) is 0 Å². The smallest absolute Gasteiger partial charge is 0.250 e. The summed E-state index contributed by atoms with van der Waals surface area (Å²) in [5.74, 6) is 0.0312. The van der Waals surface area contributed by atoms with Gasteiger partial charge in [-0.1, -0.05) is 29.3 Å². The van der Waals surface area contributed by atoms with E-state index in [1.54, 1.807) is 41.0 Å². The average Bonchev–Trinajstić information content (AvgIpc) is 3.13. The van der Waals surface area contributed by atoms with E-state index in [-0.39, 0.29) is 5.91 Å². The van der Waals surface area contributed by atoms with Gasteiger partial charge in [0.05, 0.1) is 0 Å². The Balaban J connectivity index is 1.88. The van der Waals surface area contributed by atoms with Crippen molar-refractivity contribution < 1.29 is 4.79 Å². The van der Waals surface area contributed by atoms with Crippen molar-refractivity contribution in [2.75, 3.05) is 20.1 Å². The summed E-state index contributed by atoms with van der Waals surface area (Å²) in [6.45, 7) is 1.94. The third kappa shape index (κ3) is 3.16. The Kier molecular flexibility index (Phi) is 5.13. The zero-order valence-corrected chi connectivity index (χ0v) is 15.0. The maximum atomic E-state index is 13.3. The van der Waals surface area contributed by atoms with Crippen LogP contribution < -0.4 is 5.32 Å². The quantitative estimate of drug-likeness (QED) is 0.904. The molecular formula is C17H20Cl2N4O. The molecule has 0 bridgehead atoms. The Morgan fingerprint density at radius 1 is 1.29 bits per heavy atom. The zero-order valence-electron chi connectivity index (χ0n) is 13.5. The van der Waals surface area contributed by atoms with Crippen LogP contribution in [-0.4, -0.2) is 40.7 Å². The Bertz CT molecular complexity index is 691. The van der Waals surface area contributed by atoms with Crippen molar-refractivity contribution in [1.29, 1.82) is 0 Å². The van der Waals surface area contributed by atoms with E-state index in [4.69, 9.17) is 23.2 Å². The van der Waals surface area contributed by atoms with E-state index in [9.17, 15) is 4.79 Å². The SMILES string of the molecule is CN(Cc1c(Cl)cccc1Cl)C(=O)C1(n2cccn2)CCNCC1. The third-order valence-corrected chi connectivity index (χ3v) is 5.28. The first-order valence-electron chi connectivity index (χ1n) is 7.94. The summed E-state index contributed by atoms with van der Waals surface area (Å²) in [4.78, 5) is 15.0. The largest absolute Gasteiger partial charge is 0.339 e. The van der Waals surface area contributed by atoms with Crippen LogP contribution in [0.3, 0.4) is 0 Å². The van der Waals surface area contributed by atoms with E-state index >= 15 is 0 Å². The molecule has 2 aromatic rings. The summed E-state index contributed by atoms with van der Waals surface area (Å²) in [5, 5.41) is 8.80. The van der Waals surface area contributed by atoms with Gasteiger partial charge in [0, 0.05) is 41.6 Å². The van der Waals surface area contributed by atoms with Gasteiger partial charge in [-0.25, -0.2) is 0 Å². The van der Waals surface area contributed by atoms with Gasteiger partial charge < -0.3 is 10.2 Å². The Morgan fingerprint density at radius 2 is 1.96 bits per heavy atom. The number of aromatic nitrogens is 2. The van der Waals surface area contributed by atoms with E-state index in [2.05, 4.69) is 10.4 Å². The molecule has 5 nitrogen and oxygen atoms in total. The minimum atomic E-state index is -0.656. The standard InChI is InChI=1S/C17H20Cl2N4O/c1-22(12-13-14(18)4-2-5-15(13)19)16(24)17(6-9-20-10-7-17)23-11-3-8-21-23/h2-5,8,11,20H,6-7,9-10,12H2,1H3. The lowest BCUT2D eigenvalue weighted by molar-refractivity contribution is -0.142.